The number of rotatable bonds is 6. The molecule has 4 rings (SSSR count). The second kappa shape index (κ2) is 7.09. The molecule has 0 saturated heterocycles. The van der Waals surface area contributed by atoms with Gasteiger partial charge in [0.05, 0.1) is 24.0 Å². The van der Waals surface area contributed by atoms with E-state index in [4.69, 9.17) is 9.29 Å². The summed E-state index contributed by atoms with van der Waals surface area (Å²) in [5.74, 6) is -5.64. The third-order valence-corrected chi connectivity index (χ3v) is 6.81. The van der Waals surface area contributed by atoms with Gasteiger partial charge in [-0.15, -0.1) is 0 Å². The molecule has 0 aliphatic heterocycles. The molecule has 0 heterocycles. The zero-order chi connectivity index (χ0) is 19.6. The number of halogens is 4. The van der Waals surface area contributed by atoms with Crippen molar-refractivity contribution in [2.75, 3.05) is 6.61 Å². The smallest absolute Gasteiger partial charge is 1.00 e. The molecule has 0 radical (unpaired) electrons. The van der Waals surface area contributed by atoms with E-state index in [2.05, 4.69) is 0 Å². The maximum absolute atomic E-state index is 13.5. The van der Waals surface area contributed by atoms with Gasteiger partial charge in [-0.2, -0.15) is 26.0 Å². The Labute approximate surface area is 177 Å². The number of hydrogen-bond donors (Lipinski definition) is 2. The van der Waals surface area contributed by atoms with E-state index in [0.717, 1.165) is 6.42 Å². The molecule has 6 nitrogen and oxygen atoms in total. The van der Waals surface area contributed by atoms with E-state index >= 15 is 0 Å². The fraction of sp³-hybridized carbons (Fsp3) is 0.933. The van der Waals surface area contributed by atoms with Crippen LogP contribution in [-0.2, 0) is 19.6 Å². The number of ether oxygens (including phenoxy) is 1. The number of alkyl halides is 4. The monoisotopic (exact) mass is 428 g/mol. The van der Waals surface area contributed by atoms with E-state index in [-0.39, 0.29) is 49.2 Å². The van der Waals surface area contributed by atoms with Crippen molar-refractivity contribution in [2.45, 2.75) is 61.7 Å². The first-order valence-corrected chi connectivity index (χ1v) is 9.76. The Morgan fingerprint density at radius 3 is 2.11 bits per heavy atom. The molecule has 12 heteroatoms. The van der Waals surface area contributed by atoms with Crippen LogP contribution in [0.4, 0.5) is 17.6 Å². The zero-order valence-electron chi connectivity index (χ0n) is 15.8. The molecule has 2 N–H and O–H groups in total. The third-order valence-electron chi connectivity index (χ3n) is 5.86. The minimum atomic E-state index is -6.31. The number of carbonyl (C=O) groups is 1. The molecule has 0 aromatic carbocycles. The SMILES string of the molecule is O=C(OCCC(F)(F)C(F)(F)S(=O)(=O)O)C12CC3CC(CC(O)(C3)C1)C2.[H-].[Na+]. The Kier molecular flexibility index (Phi) is 6.13. The Balaban J connectivity index is 0.00000196. The number of aliphatic hydroxyl groups is 1. The topological polar surface area (TPSA) is 101 Å². The zero-order valence-corrected chi connectivity index (χ0v) is 17.6. The van der Waals surface area contributed by atoms with Crippen LogP contribution in [0, 0.1) is 17.3 Å². The van der Waals surface area contributed by atoms with Crippen molar-refractivity contribution in [3.05, 3.63) is 0 Å². The first-order valence-electron chi connectivity index (χ1n) is 8.32. The van der Waals surface area contributed by atoms with Crippen LogP contribution in [0.15, 0.2) is 0 Å². The normalized spacial score (nSPS) is 35.6. The van der Waals surface area contributed by atoms with Gasteiger partial charge in [0.1, 0.15) is 0 Å². The summed E-state index contributed by atoms with van der Waals surface area (Å²) >= 11 is 0. The van der Waals surface area contributed by atoms with Crippen molar-refractivity contribution in [3.63, 3.8) is 0 Å². The number of carbonyl (C=O) groups excluding carboxylic acids is 1. The van der Waals surface area contributed by atoms with Crippen LogP contribution in [0.25, 0.3) is 0 Å². The fourth-order valence-electron chi connectivity index (χ4n) is 5.21. The molecule has 4 saturated carbocycles. The summed E-state index contributed by atoms with van der Waals surface area (Å²) in [6.07, 6.45) is 1.37. The van der Waals surface area contributed by atoms with E-state index in [1.54, 1.807) is 0 Å². The van der Waals surface area contributed by atoms with Gasteiger partial charge in [-0.3, -0.25) is 9.35 Å². The molecule has 0 aromatic heterocycles. The molecule has 0 amide bonds. The summed E-state index contributed by atoms with van der Waals surface area (Å²) in [5, 5.41) is 4.87. The van der Waals surface area contributed by atoms with E-state index < -0.39 is 51.3 Å². The molecular formula is C15H21F4NaO6S. The van der Waals surface area contributed by atoms with Crippen molar-refractivity contribution >= 4 is 16.1 Å². The minimum Gasteiger partial charge on any atom is -1.00 e. The van der Waals surface area contributed by atoms with Crippen molar-refractivity contribution in [2.24, 2.45) is 17.3 Å². The maximum atomic E-state index is 13.5. The molecule has 2 unspecified atom stereocenters. The van der Waals surface area contributed by atoms with Gasteiger partial charge in [0, 0.05) is 0 Å². The maximum Gasteiger partial charge on any atom is 1.00 e. The second-order valence-electron chi connectivity index (χ2n) is 8.05. The number of esters is 1. The second-order valence-corrected chi connectivity index (χ2v) is 9.51. The number of hydrogen-bond acceptors (Lipinski definition) is 5. The van der Waals surface area contributed by atoms with Crippen LogP contribution < -0.4 is 29.6 Å². The van der Waals surface area contributed by atoms with Crippen LogP contribution in [-0.4, -0.2) is 47.4 Å². The van der Waals surface area contributed by atoms with E-state index in [9.17, 15) is 35.9 Å². The van der Waals surface area contributed by atoms with E-state index in [0.29, 0.717) is 25.7 Å². The predicted molar refractivity (Wildman–Crippen MR) is 80.2 cm³/mol. The van der Waals surface area contributed by atoms with Gasteiger partial charge in [0.2, 0.25) is 0 Å². The van der Waals surface area contributed by atoms with Crippen molar-refractivity contribution in [1.82, 2.24) is 0 Å². The summed E-state index contributed by atoms with van der Waals surface area (Å²) < 4.78 is 87.1. The van der Waals surface area contributed by atoms with Gasteiger partial charge in [0.25, 0.3) is 0 Å². The third kappa shape index (κ3) is 4.05. The van der Waals surface area contributed by atoms with Gasteiger partial charge in [-0.05, 0) is 50.4 Å². The Morgan fingerprint density at radius 2 is 1.67 bits per heavy atom. The average Bonchev–Trinajstić information content (AvgIpc) is 2.42. The van der Waals surface area contributed by atoms with Crippen LogP contribution >= 0.6 is 0 Å². The fourth-order valence-corrected chi connectivity index (χ4v) is 5.69. The predicted octanol–water partition coefficient (Wildman–Crippen LogP) is -0.517. The largest absolute Gasteiger partial charge is 1.00 e. The van der Waals surface area contributed by atoms with E-state index in [1.165, 1.54) is 0 Å². The molecule has 4 aliphatic rings. The summed E-state index contributed by atoms with van der Waals surface area (Å²) in [6, 6.07) is 0. The van der Waals surface area contributed by atoms with Gasteiger partial charge in [-0.1, -0.05) is 0 Å². The quantitative estimate of drug-likeness (QED) is 0.256. The molecular weight excluding hydrogens is 407 g/mol. The Bertz CT molecular complexity index is 705. The van der Waals surface area contributed by atoms with Gasteiger partial charge in [0.15, 0.2) is 0 Å². The Morgan fingerprint density at radius 1 is 1.15 bits per heavy atom. The molecule has 4 aliphatic carbocycles. The van der Waals surface area contributed by atoms with Crippen molar-refractivity contribution < 1.29 is 76.2 Å². The van der Waals surface area contributed by atoms with Crippen molar-refractivity contribution in [3.8, 4) is 0 Å². The summed E-state index contributed by atoms with van der Waals surface area (Å²) in [5.41, 5.74) is -1.98. The van der Waals surface area contributed by atoms with Crippen LogP contribution in [0.1, 0.15) is 46.4 Å². The first kappa shape index (κ1) is 23.3. The van der Waals surface area contributed by atoms with Crippen LogP contribution in [0.3, 0.4) is 0 Å². The summed E-state index contributed by atoms with van der Waals surface area (Å²) in [7, 11) is -6.31. The van der Waals surface area contributed by atoms with E-state index in [1.807, 2.05) is 0 Å². The van der Waals surface area contributed by atoms with Gasteiger partial charge in [-0.25, -0.2) is 0 Å². The average molecular weight is 428 g/mol. The molecule has 0 spiro atoms. The van der Waals surface area contributed by atoms with Gasteiger partial charge >= 0.3 is 56.8 Å². The minimum absolute atomic E-state index is 0. The summed E-state index contributed by atoms with van der Waals surface area (Å²) in [6.45, 7) is -1.12. The van der Waals surface area contributed by atoms with Crippen LogP contribution in [0.2, 0.25) is 0 Å². The molecule has 2 atom stereocenters. The molecule has 152 valence electrons. The van der Waals surface area contributed by atoms with Crippen molar-refractivity contribution in [1.29, 1.82) is 0 Å². The molecule has 27 heavy (non-hydrogen) atoms. The first-order chi connectivity index (χ1) is 11.7. The molecule has 4 bridgehead atoms. The summed E-state index contributed by atoms with van der Waals surface area (Å²) in [4.78, 5) is 12.4. The molecule has 0 aromatic rings. The van der Waals surface area contributed by atoms with Gasteiger partial charge < -0.3 is 11.3 Å². The standard InChI is InChI=1S/C15H20F4O6S.Na.H/c16-14(17,15(18,19)26(22,23)24)1-2-25-11(20)12-4-9-3-10(5-12)7-13(21,6-9)8-12;;/h9-10,21H,1-8H2,(H,22,23,24);;/q;+1;-1. The Hall–Kier alpha value is 0.0600. The molecule has 4 fully saturated rings. The van der Waals surface area contributed by atoms with Crippen LogP contribution in [0.5, 0.6) is 0 Å².